The van der Waals surface area contributed by atoms with Gasteiger partial charge >= 0.3 is 0 Å². The van der Waals surface area contributed by atoms with Gasteiger partial charge in [0.05, 0.1) is 11.0 Å². The Morgan fingerprint density at radius 3 is 1.56 bits per heavy atom. The number of hydrogen-bond donors (Lipinski definition) is 6. The Kier molecular flexibility index (Phi) is 13.5. The molecule has 0 amide bonds. The molecule has 0 fully saturated rings. The third kappa shape index (κ3) is 10.3. The first-order chi connectivity index (χ1) is 26.8. The number of nitrogens with zero attached hydrogens (tertiary/aromatic N) is 4. The van der Waals surface area contributed by atoms with E-state index in [9.17, 15) is 0 Å². The average molecular weight is 755 g/mol. The van der Waals surface area contributed by atoms with Crippen molar-refractivity contribution in [3.8, 4) is 0 Å². The van der Waals surface area contributed by atoms with Gasteiger partial charge in [-0.2, -0.15) is 4.98 Å². The number of nitrogens with two attached hydrogens (primary N) is 1. The highest BCUT2D eigenvalue weighted by atomic mass is 35.5. The second-order valence-electron chi connectivity index (χ2n) is 13.7. The van der Waals surface area contributed by atoms with Crippen molar-refractivity contribution in [1.82, 2.24) is 29.9 Å². The number of fused-ring (bicyclic) bond motifs is 4. The molecule has 7 N–H and O–H groups in total. The minimum Gasteiger partial charge on any atom is -0.369 e. The lowest BCUT2D eigenvalue weighted by Gasteiger charge is -2.14. The largest absolute Gasteiger partial charge is 0.369 e. The van der Waals surface area contributed by atoms with E-state index in [0.29, 0.717) is 18.0 Å². The molecule has 284 valence electrons. The maximum Gasteiger partial charge on any atom is 0.225 e. The van der Waals surface area contributed by atoms with Crippen LogP contribution in [0.3, 0.4) is 0 Å². The van der Waals surface area contributed by atoms with E-state index in [0.717, 1.165) is 77.7 Å². The predicted octanol–water partition coefficient (Wildman–Crippen LogP) is 10.1. The molecule has 4 heterocycles. The van der Waals surface area contributed by atoms with E-state index in [-0.39, 0.29) is 5.28 Å². The van der Waals surface area contributed by atoms with Gasteiger partial charge in [0, 0.05) is 70.1 Å². The zero-order chi connectivity index (χ0) is 38.6. The molecule has 8 aromatic rings. The van der Waals surface area contributed by atoms with Crippen LogP contribution in [0, 0.1) is 0 Å². The highest BCUT2D eigenvalue weighted by Gasteiger charge is 2.11. The number of rotatable bonds is 12. The van der Waals surface area contributed by atoms with Gasteiger partial charge in [-0.15, -0.1) is 0 Å². The molecule has 4 aromatic carbocycles. The van der Waals surface area contributed by atoms with Crippen molar-refractivity contribution in [2.45, 2.75) is 65.5 Å². The van der Waals surface area contributed by atoms with Gasteiger partial charge in [-0.05, 0) is 98.7 Å². The molecule has 11 heteroatoms. The summed E-state index contributed by atoms with van der Waals surface area (Å²) in [5, 5.41) is 15.1. The number of H-pyrrole nitrogens is 2. The Balaban J connectivity index is 0.000000168. The number of nitrogens with one attached hydrogen (secondary N) is 5. The third-order valence-corrected chi connectivity index (χ3v) is 9.70. The second-order valence-corrected chi connectivity index (χ2v) is 14.0. The first kappa shape index (κ1) is 39.0. The number of para-hydroxylation sites is 4. The quantitative estimate of drug-likeness (QED) is 0.0676. The predicted molar refractivity (Wildman–Crippen MR) is 232 cm³/mol. The number of hydrogen-bond acceptors (Lipinski definition) is 8. The van der Waals surface area contributed by atoms with Crippen LogP contribution in [0.2, 0.25) is 5.28 Å². The lowest BCUT2D eigenvalue weighted by atomic mass is 10.1. The van der Waals surface area contributed by atoms with E-state index in [1.807, 2.05) is 55.5 Å². The summed E-state index contributed by atoms with van der Waals surface area (Å²) in [5.74, 6) is 2.34. The summed E-state index contributed by atoms with van der Waals surface area (Å²) in [6, 6.07) is 33.4. The smallest absolute Gasteiger partial charge is 0.225 e. The molecular formula is C44H51ClN10. The van der Waals surface area contributed by atoms with E-state index in [2.05, 4.69) is 123 Å². The van der Waals surface area contributed by atoms with Crippen molar-refractivity contribution >= 4 is 72.8 Å². The molecule has 10 nitrogen and oxygen atoms in total. The molecule has 4 aromatic heterocycles. The van der Waals surface area contributed by atoms with Gasteiger partial charge in [0.25, 0.3) is 0 Å². The van der Waals surface area contributed by atoms with Crippen molar-refractivity contribution in [3.05, 3.63) is 126 Å². The van der Waals surface area contributed by atoms with Crippen LogP contribution in [0.5, 0.6) is 0 Å². The van der Waals surface area contributed by atoms with Crippen molar-refractivity contribution in [3.63, 3.8) is 0 Å². The van der Waals surface area contributed by atoms with E-state index in [4.69, 9.17) is 22.3 Å². The number of aromatic amines is 2. The molecule has 2 unspecified atom stereocenters. The van der Waals surface area contributed by atoms with Crippen LogP contribution in [0.25, 0.3) is 43.6 Å². The molecule has 0 aliphatic heterocycles. The minimum atomic E-state index is 0.262. The summed E-state index contributed by atoms with van der Waals surface area (Å²) in [5.41, 5.74) is 12.0. The van der Waals surface area contributed by atoms with E-state index >= 15 is 0 Å². The minimum absolute atomic E-state index is 0.262. The Morgan fingerprint density at radius 1 is 0.600 bits per heavy atom. The lowest BCUT2D eigenvalue weighted by molar-refractivity contribution is 0.715. The number of halogens is 1. The molecule has 8 rings (SSSR count). The van der Waals surface area contributed by atoms with Crippen LogP contribution in [-0.4, -0.2) is 55.1 Å². The first-order valence-electron chi connectivity index (χ1n) is 19.1. The third-order valence-electron chi connectivity index (χ3n) is 9.53. The highest BCUT2D eigenvalue weighted by molar-refractivity contribution is 6.28. The van der Waals surface area contributed by atoms with E-state index < -0.39 is 0 Å². The van der Waals surface area contributed by atoms with Crippen molar-refractivity contribution in [2.24, 2.45) is 5.73 Å². The molecular weight excluding hydrogens is 704 g/mol. The van der Waals surface area contributed by atoms with Gasteiger partial charge in [-0.3, -0.25) is 0 Å². The van der Waals surface area contributed by atoms with Crippen LogP contribution in [0.1, 0.15) is 51.7 Å². The highest BCUT2D eigenvalue weighted by Crippen LogP contribution is 2.25. The molecule has 0 aliphatic carbocycles. The van der Waals surface area contributed by atoms with Crippen LogP contribution in [0.4, 0.5) is 17.6 Å². The molecule has 0 radical (unpaired) electrons. The Labute approximate surface area is 327 Å². The summed E-state index contributed by atoms with van der Waals surface area (Å²) in [7, 11) is 0. The summed E-state index contributed by atoms with van der Waals surface area (Å²) in [4.78, 5) is 24.6. The van der Waals surface area contributed by atoms with Gasteiger partial charge in [-0.1, -0.05) is 74.5 Å². The normalized spacial score (nSPS) is 12.1. The van der Waals surface area contributed by atoms with Crippen molar-refractivity contribution in [2.75, 3.05) is 29.0 Å². The van der Waals surface area contributed by atoms with Gasteiger partial charge in [-0.25, -0.2) is 15.0 Å². The molecule has 55 heavy (non-hydrogen) atoms. The van der Waals surface area contributed by atoms with Crippen molar-refractivity contribution < 1.29 is 0 Å². The molecule has 0 aliphatic rings. The van der Waals surface area contributed by atoms with Gasteiger partial charge in [0.2, 0.25) is 11.2 Å². The maximum atomic E-state index is 6.01. The first-order valence-corrected chi connectivity index (χ1v) is 19.5. The Bertz CT molecular complexity index is 2440. The van der Waals surface area contributed by atoms with Gasteiger partial charge in [0.15, 0.2) is 0 Å². The lowest BCUT2D eigenvalue weighted by Crippen LogP contribution is -2.17. The zero-order valence-electron chi connectivity index (χ0n) is 32.0. The molecule has 0 bridgehead atoms. The topological polar surface area (TPSA) is 145 Å². The molecule has 2 atom stereocenters. The summed E-state index contributed by atoms with van der Waals surface area (Å²) in [6.07, 6.45) is 8.10. The summed E-state index contributed by atoms with van der Waals surface area (Å²) >= 11 is 6.01. The fourth-order valence-corrected chi connectivity index (χ4v) is 6.26. The fraction of sp³-hybridized carbons (Fsp3) is 0.273. The average Bonchev–Trinajstić information content (AvgIpc) is 3.82. The second kappa shape index (κ2) is 19.1. The summed E-state index contributed by atoms with van der Waals surface area (Å²) in [6.45, 7) is 9.96. The van der Waals surface area contributed by atoms with Crippen LogP contribution < -0.4 is 21.7 Å². The van der Waals surface area contributed by atoms with Crippen LogP contribution in [0.15, 0.2) is 109 Å². The Hall–Kier alpha value is -5.71. The SMILES string of the molecule is CCC(C)N.CCC(C)Nc1nc(NCCc2c[nH]c3ccccc23)c2ccccc2n1.Clc1nc(NCCc2c[nH]c3ccccc23)c2ccccc2n1. The van der Waals surface area contributed by atoms with Crippen molar-refractivity contribution in [1.29, 1.82) is 0 Å². The number of benzene rings is 4. The van der Waals surface area contributed by atoms with Crippen LogP contribution >= 0.6 is 11.6 Å². The maximum absolute atomic E-state index is 6.01. The molecule has 0 saturated heterocycles. The molecule has 0 spiro atoms. The Morgan fingerprint density at radius 2 is 1.05 bits per heavy atom. The molecule has 0 saturated carbocycles. The monoisotopic (exact) mass is 754 g/mol. The standard InChI is InChI=1S/C22H25N5.C18H15ClN4.C4H11N/c1-3-15(2)25-22-26-20-11-7-5-9-18(20)21(27-22)23-13-12-16-14-24-19-10-6-4-8-17(16)19;19-18-22-16-8-4-2-6-14(16)17(23-18)20-10-9-12-11-21-15-7-3-1-5-13(12)15;1-3-4(2)5/h4-11,14-15,24H,3,12-13H2,1-2H3,(H2,23,25,26,27);1-8,11,21H,9-10H2,(H,20,22,23);4H,3,5H2,1-2H3. The number of aromatic nitrogens is 6. The van der Waals surface area contributed by atoms with E-state index in [1.165, 1.54) is 27.4 Å². The number of anilines is 3. The summed E-state index contributed by atoms with van der Waals surface area (Å²) < 4.78 is 0. The van der Waals surface area contributed by atoms with Gasteiger partial charge < -0.3 is 31.7 Å². The van der Waals surface area contributed by atoms with E-state index in [1.54, 1.807) is 0 Å². The zero-order valence-corrected chi connectivity index (χ0v) is 32.8. The fourth-order valence-electron chi connectivity index (χ4n) is 6.09. The van der Waals surface area contributed by atoms with Gasteiger partial charge in [0.1, 0.15) is 11.6 Å². The van der Waals surface area contributed by atoms with Crippen LogP contribution in [-0.2, 0) is 12.8 Å².